The van der Waals surface area contributed by atoms with Crippen molar-refractivity contribution >= 4 is 56.6 Å². The van der Waals surface area contributed by atoms with Crippen molar-refractivity contribution in [3.05, 3.63) is 0 Å². The maximum atomic E-state index is 10.9. The summed E-state index contributed by atoms with van der Waals surface area (Å²) in [6.07, 6.45) is -1.91. The number of fused-ring (bicyclic) bond motifs is 1. The van der Waals surface area contributed by atoms with Gasteiger partial charge in [-0.3, -0.25) is 0 Å². The molecule has 6 nitrogen and oxygen atoms in total. The highest BCUT2D eigenvalue weighted by Gasteiger charge is 2.57. The van der Waals surface area contributed by atoms with E-state index in [0.29, 0.717) is 5.75 Å². The second kappa shape index (κ2) is 11.3. The van der Waals surface area contributed by atoms with Crippen molar-refractivity contribution in [3.8, 4) is 0 Å². The molecule has 0 aliphatic carbocycles. The van der Waals surface area contributed by atoms with Gasteiger partial charge in [0.15, 0.2) is 12.1 Å². The molecule has 2 saturated heterocycles. The van der Waals surface area contributed by atoms with E-state index in [4.69, 9.17) is 38.6 Å². The van der Waals surface area contributed by atoms with Crippen LogP contribution in [-0.2, 0) is 14.2 Å². The third-order valence-electron chi connectivity index (χ3n) is 5.06. The Balaban J connectivity index is 2.08. The molecule has 2 rings (SSSR count). The molecule has 168 valence electrons. The minimum absolute atomic E-state index is 0.146. The third kappa shape index (κ3) is 6.41. The van der Waals surface area contributed by atoms with E-state index in [-0.39, 0.29) is 11.4 Å². The molecule has 2 aliphatic heterocycles. The minimum atomic E-state index is -0.708. The molecule has 2 fully saturated rings. The zero-order valence-electron chi connectivity index (χ0n) is 18.1. The van der Waals surface area contributed by atoms with Crippen molar-refractivity contribution in [1.29, 1.82) is 0 Å². The van der Waals surface area contributed by atoms with Crippen LogP contribution in [0.2, 0.25) is 0 Å². The van der Waals surface area contributed by atoms with Crippen LogP contribution in [0.25, 0.3) is 0 Å². The van der Waals surface area contributed by atoms with Crippen LogP contribution in [-0.4, -0.2) is 91.1 Å². The Morgan fingerprint density at radius 2 is 1.55 bits per heavy atom. The van der Waals surface area contributed by atoms with Gasteiger partial charge in [0.05, 0.1) is 11.4 Å². The van der Waals surface area contributed by atoms with Crippen molar-refractivity contribution in [1.82, 2.24) is 9.80 Å². The fourth-order valence-corrected chi connectivity index (χ4v) is 6.78. The van der Waals surface area contributed by atoms with Gasteiger partial charge in [-0.1, -0.05) is 48.0 Å². The average Bonchev–Trinajstić information content (AvgIpc) is 3.14. The van der Waals surface area contributed by atoms with E-state index in [1.54, 1.807) is 11.8 Å². The van der Waals surface area contributed by atoms with Crippen molar-refractivity contribution in [2.24, 2.45) is 0 Å². The molecule has 0 saturated carbocycles. The summed E-state index contributed by atoms with van der Waals surface area (Å²) in [6, 6.07) is 0. The molecular weight excluding hydrogens is 448 g/mol. The number of aliphatic hydroxyl groups is 1. The molecule has 0 aromatic rings. The van der Waals surface area contributed by atoms with Gasteiger partial charge in [-0.25, -0.2) is 0 Å². The molecule has 1 N–H and O–H groups in total. The summed E-state index contributed by atoms with van der Waals surface area (Å²) in [5, 5.41) is 10.8. The quantitative estimate of drug-likeness (QED) is 0.522. The summed E-state index contributed by atoms with van der Waals surface area (Å²) in [5.74, 6) is -0.252. The lowest BCUT2D eigenvalue weighted by Gasteiger charge is -2.30. The van der Waals surface area contributed by atoms with Gasteiger partial charge < -0.3 is 29.1 Å². The van der Waals surface area contributed by atoms with Gasteiger partial charge in [0, 0.05) is 31.9 Å². The number of hydrogen-bond acceptors (Lipinski definition) is 8. The maximum Gasteiger partial charge on any atom is 0.188 e. The summed E-state index contributed by atoms with van der Waals surface area (Å²) < 4.78 is 19.7. The Kier molecular flexibility index (Phi) is 9.94. The molecule has 5 atom stereocenters. The highest BCUT2D eigenvalue weighted by molar-refractivity contribution is 8.23. The van der Waals surface area contributed by atoms with Crippen molar-refractivity contribution in [2.75, 3.05) is 31.9 Å². The van der Waals surface area contributed by atoms with Crippen LogP contribution >= 0.6 is 48.0 Å². The fourth-order valence-electron chi connectivity index (χ4n) is 3.45. The zero-order chi connectivity index (χ0) is 21.8. The lowest BCUT2D eigenvalue weighted by molar-refractivity contribution is -0.211. The molecule has 2 heterocycles. The summed E-state index contributed by atoms with van der Waals surface area (Å²) >= 11 is 14.2. The molecule has 1 unspecified atom stereocenters. The largest absolute Gasteiger partial charge is 0.389 e. The highest BCUT2D eigenvalue weighted by atomic mass is 32.2. The van der Waals surface area contributed by atoms with Crippen LogP contribution in [0.5, 0.6) is 0 Å². The van der Waals surface area contributed by atoms with Crippen molar-refractivity contribution in [2.45, 2.75) is 77.2 Å². The summed E-state index contributed by atoms with van der Waals surface area (Å²) in [7, 11) is 0. The van der Waals surface area contributed by atoms with Gasteiger partial charge in [-0.15, -0.1) is 0 Å². The van der Waals surface area contributed by atoms with Crippen LogP contribution in [0.3, 0.4) is 0 Å². The van der Waals surface area contributed by atoms with E-state index in [1.807, 2.05) is 13.8 Å². The molecule has 2 aliphatic rings. The van der Waals surface area contributed by atoms with Gasteiger partial charge in [0.2, 0.25) is 0 Å². The molecule has 0 radical (unpaired) electrons. The number of hydrogen-bond donors (Lipinski definition) is 1. The molecule has 0 amide bonds. The molecule has 29 heavy (non-hydrogen) atoms. The molecule has 0 bridgehead atoms. The standard InChI is InChI=1S/C19H34N2O4S4/c1-7-20(8-2)17(26)28-11-12(22)13-15(29-18(27)21(9-3)10-4)14-16(23-13)25-19(5,6)24-14/h12-16,22H,7-11H2,1-6H3/t12?,13-,14-,15+,16-/m1/s1. The fraction of sp³-hybridized carbons (Fsp3) is 0.895. The first-order valence-electron chi connectivity index (χ1n) is 10.2. The highest BCUT2D eigenvalue weighted by Crippen LogP contribution is 2.44. The summed E-state index contributed by atoms with van der Waals surface area (Å²) in [5.41, 5.74) is 0. The lowest BCUT2D eigenvalue weighted by atomic mass is 10.1. The minimum Gasteiger partial charge on any atom is -0.389 e. The zero-order valence-corrected chi connectivity index (χ0v) is 21.4. The molecule has 0 spiro atoms. The number of rotatable bonds is 8. The first kappa shape index (κ1) is 25.6. The van der Waals surface area contributed by atoms with E-state index in [2.05, 4.69) is 37.5 Å². The van der Waals surface area contributed by atoms with Crippen LogP contribution in [0.15, 0.2) is 0 Å². The normalized spacial score (nSPS) is 28.8. The van der Waals surface area contributed by atoms with E-state index in [0.717, 1.165) is 34.8 Å². The first-order chi connectivity index (χ1) is 13.7. The summed E-state index contributed by atoms with van der Waals surface area (Å²) in [4.78, 5) is 4.23. The van der Waals surface area contributed by atoms with Gasteiger partial charge >= 0.3 is 0 Å². The third-order valence-corrected chi connectivity index (χ3v) is 8.50. The van der Waals surface area contributed by atoms with Gasteiger partial charge in [-0.05, 0) is 41.5 Å². The SMILES string of the molecule is CCN(CC)C(=S)SCC(O)[C@H]1O[C@@H]2OC(C)(C)O[C@@H]2[C@H]1SC(=S)N(CC)CC. The number of ether oxygens (including phenoxy) is 3. The van der Waals surface area contributed by atoms with Crippen LogP contribution in [0.1, 0.15) is 41.5 Å². The van der Waals surface area contributed by atoms with Gasteiger partial charge in [0.25, 0.3) is 0 Å². The first-order valence-corrected chi connectivity index (χ1v) is 12.9. The predicted molar refractivity (Wildman–Crippen MR) is 130 cm³/mol. The predicted octanol–water partition coefficient (Wildman–Crippen LogP) is 3.31. The van der Waals surface area contributed by atoms with Gasteiger partial charge in [-0.2, -0.15) is 0 Å². The second-order valence-corrected chi connectivity index (χ2v) is 10.9. The smallest absolute Gasteiger partial charge is 0.188 e. The molecular formula is C19H34N2O4S4. The number of thiocarbonyl (C=S) groups is 2. The number of aliphatic hydroxyl groups excluding tert-OH is 1. The Labute approximate surface area is 194 Å². The van der Waals surface area contributed by atoms with E-state index >= 15 is 0 Å². The lowest BCUT2D eigenvalue weighted by Crippen LogP contribution is -2.42. The van der Waals surface area contributed by atoms with E-state index in [1.165, 1.54) is 11.8 Å². The van der Waals surface area contributed by atoms with Crippen molar-refractivity contribution in [3.63, 3.8) is 0 Å². The Morgan fingerprint density at radius 3 is 2.10 bits per heavy atom. The Hall–Kier alpha value is 0.320. The average molecular weight is 483 g/mol. The van der Waals surface area contributed by atoms with Gasteiger partial charge in [0.1, 0.15) is 20.8 Å². The van der Waals surface area contributed by atoms with Crippen LogP contribution < -0.4 is 0 Å². The maximum absolute atomic E-state index is 10.9. The topological polar surface area (TPSA) is 54.4 Å². The monoisotopic (exact) mass is 482 g/mol. The number of thioether (sulfide) groups is 2. The molecule has 0 aromatic carbocycles. The Bertz CT molecular complexity index is 572. The van der Waals surface area contributed by atoms with Crippen molar-refractivity contribution < 1.29 is 19.3 Å². The van der Waals surface area contributed by atoms with E-state index < -0.39 is 24.3 Å². The summed E-state index contributed by atoms with van der Waals surface area (Å²) in [6.45, 7) is 15.5. The number of nitrogens with zero attached hydrogens (tertiary/aromatic N) is 2. The molecule has 10 heteroatoms. The molecule has 0 aromatic heterocycles. The van der Waals surface area contributed by atoms with Crippen LogP contribution in [0.4, 0.5) is 0 Å². The Morgan fingerprint density at radius 1 is 1.00 bits per heavy atom. The second-order valence-electron chi connectivity index (χ2n) is 7.41. The van der Waals surface area contributed by atoms with Crippen LogP contribution in [0, 0.1) is 0 Å². The van der Waals surface area contributed by atoms with E-state index in [9.17, 15) is 5.11 Å².